The van der Waals surface area contributed by atoms with Gasteiger partial charge in [0.2, 0.25) is 5.91 Å². The molecule has 0 bridgehead atoms. The topological polar surface area (TPSA) is 50.4 Å². The van der Waals surface area contributed by atoms with E-state index in [1.165, 1.54) is 25.3 Å². The highest BCUT2D eigenvalue weighted by Gasteiger charge is 2.22. The van der Waals surface area contributed by atoms with Crippen molar-refractivity contribution in [3.8, 4) is 5.75 Å². The van der Waals surface area contributed by atoms with Crippen LogP contribution in [-0.4, -0.2) is 30.7 Å². The van der Waals surface area contributed by atoms with E-state index < -0.39 is 5.82 Å². The molecule has 1 aromatic rings. The summed E-state index contributed by atoms with van der Waals surface area (Å²) in [7, 11) is 1.39. The number of nitrogens with one attached hydrogen (secondary N) is 2. The lowest BCUT2D eigenvalue weighted by molar-refractivity contribution is -0.117. The van der Waals surface area contributed by atoms with Crippen LogP contribution in [0.15, 0.2) is 18.2 Å². The van der Waals surface area contributed by atoms with Crippen LogP contribution in [0.4, 0.5) is 10.1 Å². The number of amides is 1. The molecule has 1 heterocycles. The molecule has 1 aliphatic heterocycles. The molecule has 17 heavy (non-hydrogen) atoms. The minimum Gasteiger partial charge on any atom is -0.494 e. The molecule has 6 heteroatoms. The van der Waals surface area contributed by atoms with Crippen molar-refractivity contribution in [3.05, 3.63) is 24.0 Å². The highest BCUT2D eigenvalue weighted by Crippen LogP contribution is 2.22. The maximum atomic E-state index is 13.2. The molecule has 1 fully saturated rings. The highest BCUT2D eigenvalue weighted by molar-refractivity contribution is 7.99. The fourth-order valence-electron chi connectivity index (χ4n) is 1.53. The van der Waals surface area contributed by atoms with Gasteiger partial charge in [-0.1, -0.05) is 0 Å². The van der Waals surface area contributed by atoms with Crippen molar-refractivity contribution >= 4 is 23.4 Å². The van der Waals surface area contributed by atoms with Crippen LogP contribution >= 0.6 is 11.8 Å². The van der Waals surface area contributed by atoms with Crippen LogP contribution in [-0.2, 0) is 4.79 Å². The third kappa shape index (κ3) is 2.89. The van der Waals surface area contributed by atoms with E-state index in [0.29, 0.717) is 5.69 Å². The zero-order valence-electron chi connectivity index (χ0n) is 9.33. The van der Waals surface area contributed by atoms with E-state index in [1.807, 2.05) is 0 Å². The largest absolute Gasteiger partial charge is 0.494 e. The number of hydrogen-bond acceptors (Lipinski definition) is 4. The van der Waals surface area contributed by atoms with E-state index in [9.17, 15) is 9.18 Å². The first-order chi connectivity index (χ1) is 8.20. The van der Waals surface area contributed by atoms with Gasteiger partial charge in [0.05, 0.1) is 13.2 Å². The number of hydrogen-bond donors (Lipinski definition) is 2. The molecule has 1 amide bonds. The second kappa shape index (κ2) is 5.37. The Morgan fingerprint density at radius 3 is 3.12 bits per heavy atom. The Morgan fingerprint density at radius 1 is 1.65 bits per heavy atom. The number of benzene rings is 1. The van der Waals surface area contributed by atoms with Gasteiger partial charge in [0.15, 0.2) is 11.6 Å². The molecule has 0 aliphatic carbocycles. The lowest BCUT2D eigenvalue weighted by atomic mass is 10.2. The van der Waals surface area contributed by atoms with Crippen LogP contribution in [0.25, 0.3) is 0 Å². The van der Waals surface area contributed by atoms with Gasteiger partial charge in [-0.15, -0.1) is 11.8 Å². The maximum absolute atomic E-state index is 13.2. The summed E-state index contributed by atoms with van der Waals surface area (Å²) < 4.78 is 18.0. The number of rotatable bonds is 3. The first-order valence-corrected chi connectivity index (χ1v) is 6.31. The minimum atomic E-state index is -0.444. The number of halogens is 1. The number of ether oxygens (including phenoxy) is 1. The average molecular weight is 256 g/mol. The smallest absolute Gasteiger partial charge is 0.242 e. The van der Waals surface area contributed by atoms with E-state index in [2.05, 4.69) is 10.6 Å². The minimum absolute atomic E-state index is 0.108. The van der Waals surface area contributed by atoms with Crippen molar-refractivity contribution < 1.29 is 13.9 Å². The average Bonchev–Trinajstić information content (AvgIpc) is 2.85. The summed E-state index contributed by atoms with van der Waals surface area (Å²) in [6.45, 7) is 0. The maximum Gasteiger partial charge on any atom is 0.242 e. The molecule has 0 aromatic heterocycles. The predicted octanol–water partition coefficient (Wildman–Crippen LogP) is 1.44. The molecule has 4 nitrogen and oxygen atoms in total. The summed E-state index contributed by atoms with van der Waals surface area (Å²) >= 11 is 1.67. The Kier molecular flexibility index (Phi) is 3.86. The molecule has 1 atom stereocenters. The molecular weight excluding hydrogens is 243 g/mol. The van der Waals surface area contributed by atoms with E-state index in [0.717, 1.165) is 11.6 Å². The van der Waals surface area contributed by atoms with Gasteiger partial charge in [0.1, 0.15) is 0 Å². The zero-order valence-corrected chi connectivity index (χ0v) is 10.1. The zero-order chi connectivity index (χ0) is 12.3. The molecule has 1 unspecified atom stereocenters. The number of carbonyl (C=O) groups excluding carboxylic acids is 1. The monoisotopic (exact) mass is 256 g/mol. The van der Waals surface area contributed by atoms with Gasteiger partial charge >= 0.3 is 0 Å². The molecule has 0 spiro atoms. The third-order valence-corrected chi connectivity index (χ3v) is 3.39. The van der Waals surface area contributed by atoms with Crippen LogP contribution in [0.2, 0.25) is 0 Å². The number of carbonyl (C=O) groups is 1. The van der Waals surface area contributed by atoms with Crippen molar-refractivity contribution in [3.63, 3.8) is 0 Å². The molecule has 0 radical (unpaired) electrons. The number of methoxy groups -OCH3 is 1. The summed E-state index contributed by atoms with van der Waals surface area (Å²) in [6.07, 6.45) is 0. The first-order valence-electron chi connectivity index (χ1n) is 5.16. The molecule has 1 aromatic carbocycles. The summed E-state index contributed by atoms with van der Waals surface area (Å²) in [5.41, 5.74) is 0.534. The van der Waals surface area contributed by atoms with Crippen LogP contribution in [0, 0.1) is 5.82 Å². The summed E-state index contributed by atoms with van der Waals surface area (Å²) in [6, 6.07) is 4.06. The van der Waals surface area contributed by atoms with Crippen LogP contribution in [0.1, 0.15) is 0 Å². The van der Waals surface area contributed by atoms with Crippen LogP contribution in [0.3, 0.4) is 0 Å². The SMILES string of the molecule is COc1cc(NC(=O)C2CSCN2)ccc1F. The van der Waals surface area contributed by atoms with Crippen molar-refractivity contribution in [2.24, 2.45) is 0 Å². The van der Waals surface area contributed by atoms with Gasteiger partial charge in [-0.05, 0) is 12.1 Å². The van der Waals surface area contributed by atoms with Gasteiger partial charge < -0.3 is 10.1 Å². The second-order valence-electron chi connectivity index (χ2n) is 3.61. The molecule has 2 N–H and O–H groups in total. The Hall–Kier alpha value is -1.27. The molecular formula is C11H13FN2O2S. The summed E-state index contributed by atoms with van der Waals surface area (Å²) in [5, 5.41) is 5.79. The Morgan fingerprint density at radius 2 is 2.47 bits per heavy atom. The summed E-state index contributed by atoms with van der Waals surface area (Å²) in [4.78, 5) is 11.8. The van der Waals surface area contributed by atoms with Gasteiger partial charge in [-0.25, -0.2) is 4.39 Å². The second-order valence-corrected chi connectivity index (χ2v) is 4.64. The number of thioether (sulfide) groups is 1. The van der Waals surface area contributed by atoms with Gasteiger partial charge in [0, 0.05) is 23.4 Å². The molecule has 1 saturated heterocycles. The van der Waals surface area contributed by atoms with Gasteiger partial charge in [0.25, 0.3) is 0 Å². The van der Waals surface area contributed by atoms with Crippen LogP contribution < -0.4 is 15.4 Å². The van der Waals surface area contributed by atoms with Crippen LogP contribution in [0.5, 0.6) is 5.75 Å². The van der Waals surface area contributed by atoms with E-state index in [-0.39, 0.29) is 17.7 Å². The van der Waals surface area contributed by atoms with Gasteiger partial charge in [-0.2, -0.15) is 0 Å². The Bertz CT molecular complexity index is 422. The van der Waals surface area contributed by atoms with E-state index in [4.69, 9.17) is 4.74 Å². The van der Waals surface area contributed by atoms with Crippen molar-refractivity contribution in [1.29, 1.82) is 0 Å². The third-order valence-electron chi connectivity index (χ3n) is 2.45. The fraction of sp³-hybridized carbons (Fsp3) is 0.364. The van der Waals surface area contributed by atoms with Crippen molar-refractivity contribution in [2.45, 2.75) is 6.04 Å². The number of anilines is 1. The Labute approximate surface area is 103 Å². The molecule has 1 aliphatic rings. The summed E-state index contributed by atoms with van der Waals surface area (Å²) in [5.74, 6) is 1.11. The van der Waals surface area contributed by atoms with Gasteiger partial charge in [-0.3, -0.25) is 10.1 Å². The first kappa shape index (κ1) is 12.2. The lowest BCUT2D eigenvalue weighted by Crippen LogP contribution is -2.37. The highest BCUT2D eigenvalue weighted by atomic mass is 32.2. The predicted molar refractivity (Wildman–Crippen MR) is 65.8 cm³/mol. The molecule has 0 saturated carbocycles. The fourth-order valence-corrected chi connectivity index (χ4v) is 2.47. The molecule has 2 rings (SSSR count). The lowest BCUT2D eigenvalue weighted by Gasteiger charge is -2.11. The molecule has 92 valence electrons. The normalized spacial score (nSPS) is 19.1. The van der Waals surface area contributed by atoms with E-state index >= 15 is 0 Å². The van der Waals surface area contributed by atoms with Crippen molar-refractivity contribution in [1.82, 2.24) is 5.32 Å². The van der Waals surface area contributed by atoms with Crippen molar-refractivity contribution in [2.75, 3.05) is 24.1 Å². The quantitative estimate of drug-likeness (QED) is 0.859. The van der Waals surface area contributed by atoms with E-state index in [1.54, 1.807) is 11.8 Å². The standard InChI is InChI=1S/C11H13FN2O2S/c1-16-10-4-7(2-3-8(10)12)14-11(15)9-5-17-6-13-9/h2-4,9,13H,5-6H2,1H3,(H,14,15). The Balaban J connectivity index is 2.05.